The van der Waals surface area contributed by atoms with Crippen molar-refractivity contribution in [3.63, 3.8) is 0 Å². The maximum absolute atomic E-state index is 11.5. The van der Waals surface area contributed by atoms with E-state index in [0.717, 1.165) is 55.8 Å². The van der Waals surface area contributed by atoms with Crippen LogP contribution in [0.25, 0.3) is 0 Å². The summed E-state index contributed by atoms with van der Waals surface area (Å²) < 4.78 is 11.2. The van der Waals surface area contributed by atoms with Crippen LogP contribution < -0.4 is 9.47 Å². The predicted molar refractivity (Wildman–Crippen MR) is 115 cm³/mol. The molecule has 3 atom stereocenters. The first-order valence-corrected chi connectivity index (χ1v) is 10.8. The highest BCUT2D eigenvalue weighted by molar-refractivity contribution is 5.43. The van der Waals surface area contributed by atoms with Crippen LogP contribution in [0.15, 0.2) is 42.5 Å². The highest BCUT2D eigenvalue weighted by Gasteiger charge is 2.49. The first kappa shape index (κ1) is 20.2. The van der Waals surface area contributed by atoms with E-state index in [1.165, 1.54) is 17.5 Å². The maximum Gasteiger partial charge on any atom is 0.127 e. The fraction of sp³-hybridized carbons (Fsp3) is 0.520. The van der Waals surface area contributed by atoms with E-state index < -0.39 is 5.60 Å². The number of ether oxygens (including phenoxy) is 2. The van der Waals surface area contributed by atoms with Gasteiger partial charge in [0.25, 0.3) is 0 Å². The van der Waals surface area contributed by atoms with Gasteiger partial charge in [0.2, 0.25) is 0 Å². The molecule has 1 saturated carbocycles. The topological polar surface area (TPSA) is 41.9 Å². The number of hydrogen-bond donors (Lipinski definition) is 1. The fourth-order valence-corrected chi connectivity index (χ4v) is 5.32. The summed E-state index contributed by atoms with van der Waals surface area (Å²) in [7, 11) is 3.40. The van der Waals surface area contributed by atoms with Gasteiger partial charge in [0.1, 0.15) is 11.5 Å². The van der Waals surface area contributed by atoms with Crippen LogP contribution in [0.3, 0.4) is 0 Å². The van der Waals surface area contributed by atoms with Crippen LogP contribution in [0.2, 0.25) is 0 Å². The van der Waals surface area contributed by atoms with Crippen molar-refractivity contribution in [2.45, 2.75) is 57.2 Å². The summed E-state index contributed by atoms with van der Waals surface area (Å²) >= 11 is 0. The molecule has 2 fully saturated rings. The van der Waals surface area contributed by atoms with E-state index in [1.54, 1.807) is 14.2 Å². The van der Waals surface area contributed by atoms with Crippen LogP contribution in [0.1, 0.15) is 54.8 Å². The van der Waals surface area contributed by atoms with E-state index in [2.05, 4.69) is 42.2 Å². The first-order valence-electron chi connectivity index (χ1n) is 10.8. The van der Waals surface area contributed by atoms with E-state index in [1.807, 2.05) is 12.1 Å². The molecule has 1 N–H and O–H groups in total. The molecule has 0 radical (unpaired) electrons. The molecule has 4 heteroatoms. The Bertz CT molecular complexity index is 834. The molecular weight excluding hydrogens is 362 g/mol. The fourth-order valence-electron chi connectivity index (χ4n) is 5.32. The molecule has 1 aliphatic heterocycles. The second-order valence-corrected chi connectivity index (χ2v) is 8.71. The monoisotopic (exact) mass is 395 g/mol. The van der Waals surface area contributed by atoms with Crippen molar-refractivity contribution >= 4 is 0 Å². The third-order valence-electron chi connectivity index (χ3n) is 6.94. The lowest BCUT2D eigenvalue weighted by atomic mass is 9.66. The Morgan fingerprint density at radius 2 is 1.83 bits per heavy atom. The summed E-state index contributed by atoms with van der Waals surface area (Å²) in [6.45, 7) is 3.89. The Labute approximate surface area is 174 Å². The van der Waals surface area contributed by atoms with Gasteiger partial charge in [-0.05, 0) is 37.8 Å². The van der Waals surface area contributed by atoms with Crippen molar-refractivity contribution in [1.29, 1.82) is 0 Å². The van der Waals surface area contributed by atoms with Gasteiger partial charge in [-0.2, -0.15) is 0 Å². The van der Waals surface area contributed by atoms with Gasteiger partial charge in [-0.1, -0.05) is 48.7 Å². The Hall–Kier alpha value is -2.04. The summed E-state index contributed by atoms with van der Waals surface area (Å²) in [5.74, 6) is 1.86. The number of fused-ring (bicyclic) bond motifs is 1. The maximum atomic E-state index is 11.5. The van der Waals surface area contributed by atoms with Crippen molar-refractivity contribution in [2.24, 2.45) is 5.92 Å². The zero-order chi connectivity index (χ0) is 20.4. The van der Waals surface area contributed by atoms with Crippen molar-refractivity contribution in [2.75, 3.05) is 20.8 Å². The minimum absolute atomic E-state index is 0.135. The van der Waals surface area contributed by atoms with Crippen LogP contribution in [-0.4, -0.2) is 36.4 Å². The highest BCUT2D eigenvalue weighted by atomic mass is 16.5. The van der Waals surface area contributed by atoms with Crippen molar-refractivity contribution in [1.82, 2.24) is 4.90 Å². The predicted octanol–water partition coefficient (Wildman–Crippen LogP) is 4.88. The average molecular weight is 396 g/mol. The number of nitrogens with zero attached hydrogens (tertiary/aromatic N) is 1. The number of methoxy groups -OCH3 is 2. The molecule has 2 aliphatic rings. The summed E-state index contributed by atoms with van der Waals surface area (Å²) in [6.07, 6.45) is 5.11. The zero-order valence-electron chi connectivity index (χ0n) is 17.9. The van der Waals surface area contributed by atoms with Gasteiger partial charge in [-0.25, -0.2) is 0 Å². The zero-order valence-corrected chi connectivity index (χ0v) is 17.9. The molecule has 0 spiro atoms. The normalized spacial score (nSPS) is 27.3. The molecule has 1 saturated heterocycles. The number of rotatable bonds is 5. The second-order valence-electron chi connectivity index (χ2n) is 8.71. The minimum Gasteiger partial charge on any atom is -0.497 e. The molecule has 2 aromatic rings. The largest absolute Gasteiger partial charge is 0.497 e. The van der Waals surface area contributed by atoms with Crippen molar-refractivity contribution < 1.29 is 14.6 Å². The van der Waals surface area contributed by atoms with Gasteiger partial charge in [-0.3, -0.25) is 4.90 Å². The number of aliphatic hydroxyl groups is 1. The summed E-state index contributed by atoms with van der Waals surface area (Å²) in [4.78, 5) is 2.54. The van der Waals surface area contributed by atoms with E-state index in [4.69, 9.17) is 9.47 Å². The van der Waals surface area contributed by atoms with Gasteiger partial charge in [0, 0.05) is 36.7 Å². The Morgan fingerprint density at radius 3 is 2.55 bits per heavy atom. The third-order valence-corrected chi connectivity index (χ3v) is 6.94. The lowest BCUT2D eigenvalue weighted by Gasteiger charge is -2.53. The highest BCUT2D eigenvalue weighted by Crippen LogP contribution is 2.51. The van der Waals surface area contributed by atoms with Crippen LogP contribution in [0, 0.1) is 12.8 Å². The van der Waals surface area contributed by atoms with Gasteiger partial charge in [-0.15, -0.1) is 0 Å². The molecular formula is C25H33NO3. The van der Waals surface area contributed by atoms with Crippen LogP contribution in [0.4, 0.5) is 0 Å². The van der Waals surface area contributed by atoms with Gasteiger partial charge >= 0.3 is 0 Å². The Kier molecular flexibility index (Phi) is 5.84. The summed E-state index contributed by atoms with van der Waals surface area (Å²) in [6, 6.07) is 15.0. The molecule has 2 aromatic carbocycles. The van der Waals surface area contributed by atoms with Crippen molar-refractivity contribution in [3.05, 3.63) is 59.2 Å². The van der Waals surface area contributed by atoms with E-state index in [9.17, 15) is 5.11 Å². The molecule has 156 valence electrons. The van der Waals surface area contributed by atoms with E-state index >= 15 is 0 Å². The number of piperidine rings is 1. The minimum atomic E-state index is -0.572. The molecule has 4 rings (SSSR count). The Balaban J connectivity index is 1.73. The lowest BCUT2D eigenvalue weighted by molar-refractivity contribution is -0.126. The van der Waals surface area contributed by atoms with E-state index in [0.29, 0.717) is 0 Å². The quantitative estimate of drug-likeness (QED) is 0.783. The third kappa shape index (κ3) is 4.01. The number of benzene rings is 2. The lowest BCUT2D eigenvalue weighted by Crippen LogP contribution is -2.54. The molecule has 1 heterocycles. The molecule has 0 unspecified atom stereocenters. The SMILES string of the molecule is COc1ccc([C@@H]2[C@H]3CCCC[C@@]3(O)CCN2Cc2ccc(C)cc2)c(OC)c1. The van der Waals surface area contributed by atoms with Gasteiger partial charge < -0.3 is 14.6 Å². The molecule has 1 aliphatic carbocycles. The molecule has 0 amide bonds. The van der Waals surface area contributed by atoms with E-state index in [-0.39, 0.29) is 12.0 Å². The number of likely N-dealkylation sites (tertiary alicyclic amines) is 1. The van der Waals surface area contributed by atoms with Crippen LogP contribution in [-0.2, 0) is 6.54 Å². The van der Waals surface area contributed by atoms with Gasteiger partial charge in [0.05, 0.1) is 19.8 Å². The molecule has 0 bridgehead atoms. The smallest absolute Gasteiger partial charge is 0.127 e. The molecule has 0 aromatic heterocycles. The van der Waals surface area contributed by atoms with Gasteiger partial charge in [0.15, 0.2) is 0 Å². The summed E-state index contributed by atoms with van der Waals surface area (Å²) in [5.41, 5.74) is 3.18. The average Bonchev–Trinajstić information content (AvgIpc) is 2.75. The molecule has 29 heavy (non-hydrogen) atoms. The molecule has 4 nitrogen and oxygen atoms in total. The standard InChI is InChI=1S/C25H33NO3/c1-18-7-9-19(10-8-18)17-26-15-14-25(27)13-5-4-6-22(25)24(26)21-12-11-20(28-2)16-23(21)29-3/h7-12,16,22,24,27H,4-6,13-15,17H2,1-3H3/t22-,24-,25-/m1/s1. The van der Waals surface area contributed by atoms with Crippen LogP contribution >= 0.6 is 0 Å². The first-order chi connectivity index (χ1) is 14.0. The Morgan fingerprint density at radius 1 is 1.03 bits per heavy atom. The van der Waals surface area contributed by atoms with Crippen LogP contribution in [0.5, 0.6) is 11.5 Å². The summed E-state index contributed by atoms with van der Waals surface area (Å²) in [5, 5.41) is 11.5. The number of hydrogen-bond acceptors (Lipinski definition) is 4. The number of aryl methyl sites for hydroxylation is 1. The second kappa shape index (κ2) is 8.37. The van der Waals surface area contributed by atoms with Crippen molar-refractivity contribution in [3.8, 4) is 11.5 Å².